The molecule has 1 heterocycles. The zero-order valence-corrected chi connectivity index (χ0v) is 13.6. The second-order valence-corrected chi connectivity index (χ2v) is 6.11. The van der Waals surface area contributed by atoms with Crippen LogP contribution in [-0.2, 0) is 16.1 Å². The molecule has 0 saturated heterocycles. The Morgan fingerprint density at radius 1 is 1.45 bits per heavy atom. The van der Waals surface area contributed by atoms with E-state index < -0.39 is 17.9 Å². The first-order valence-corrected chi connectivity index (χ1v) is 7.43. The molecule has 1 aromatic rings. The standard InChI is InChI=1S/C15H25N3O4/c1-5-7-18-10-11(9-16-18)13(19)17-12(14(20)21)6-8-22-15(2,3)4/h9-10,12H,5-8H2,1-4H3,(H,17,19)(H,20,21). The molecule has 0 aliphatic carbocycles. The van der Waals surface area contributed by atoms with E-state index in [2.05, 4.69) is 10.4 Å². The summed E-state index contributed by atoms with van der Waals surface area (Å²) < 4.78 is 7.16. The molecule has 0 aromatic carbocycles. The number of hydrogen-bond donors (Lipinski definition) is 2. The third kappa shape index (κ3) is 6.26. The summed E-state index contributed by atoms with van der Waals surface area (Å²) in [6.07, 6.45) is 4.17. The lowest BCUT2D eigenvalue weighted by Gasteiger charge is -2.21. The van der Waals surface area contributed by atoms with Crippen molar-refractivity contribution in [2.45, 2.75) is 58.7 Å². The monoisotopic (exact) mass is 311 g/mol. The zero-order chi connectivity index (χ0) is 16.8. The molecule has 1 amide bonds. The second kappa shape index (κ2) is 7.93. The minimum atomic E-state index is -1.08. The van der Waals surface area contributed by atoms with E-state index in [0.29, 0.717) is 5.56 Å². The molecule has 0 saturated carbocycles. The molecule has 0 bridgehead atoms. The molecule has 124 valence electrons. The van der Waals surface area contributed by atoms with Crippen LogP contribution in [0.5, 0.6) is 0 Å². The molecule has 7 heteroatoms. The normalized spacial score (nSPS) is 12.9. The molecular formula is C15H25N3O4. The van der Waals surface area contributed by atoms with Gasteiger partial charge in [0.15, 0.2) is 0 Å². The maximum Gasteiger partial charge on any atom is 0.326 e. The predicted octanol–water partition coefficient (Wildman–Crippen LogP) is 1.68. The largest absolute Gasteiger partial charge is 0.480 e. The van der Waals surface area contributed by atoms with Crippen molar-refractivity contribution in [3.8, 4) is 0 Å². The van der Waals surface area contributed by atoms with Crippen LogP contribution in [0.25, 0.3) is 0 Å². The maximum atomic E-state index is 12.1. The van der Waals surface area contributed by atoms with E-state index >= 15 is 0 Å². The Balaban J connectivity index is 2.58. The number of ether oxygens (including phenoxy) is 1. The van der Waals surface area contributed by atoms with Crippen LogP contribution in [-0.4, -0.2) is 45.0 Å². The number of hydrogen-bond acceptors (Lipinski definition) is 4. The van der Waals surface area contributed by atoms with E-state index in [9.17, 15) is 14.7 Å². The minimum Gasteiger partial charge on any atom is -0.480 e. The van der Waals surface area contributed by atoms with Crippen LogP contribution in [0.1, 0.15) is 50.9 Å². The third-order valence-corrected chi connectivity index (χ3v) is 2.89. The summed E-state index contributed by atoms with van der Waals surface area (Å²) in [7, 11) is 0. The molecule has 1 rings (SSSR count). The quantitative estimate of drug-likeness (QED) is 0.762. The first-order chi connectivity index (χ1) is 10.2. The summed E-state index contributed by atoms with van der Waals surface area (Å²) in [5.41, 5.74) is 0.0189. The fourth-order valence-electron chi connectivity index (χ4n) is 1.81. The fourth-order valence-corrected chi connectivity index (χ4v) is 1.81. The van der Waals surface area contributed by atoms with Crippen molar-refractivity contribution in [2.75, 3.05) is 6.61 Å². The lowest BCUT2D eigenvalue weighted by molar-refractivity contribution is -0.140. The summed E-state index contributed by atoms with van der Waals surface area (Å²) in [4.78, 5) is 23.3. The first kappa shape index (κ1) is 18.2. The molecule has 0 aliphatic heterocycles. The van der Waals surface area contributed by atoms with Crippen LogP contribution < -0.4 is 5.32 Å². The van der Waals surface area contributed by atoms with Crippen molar-refractivity contribution in [1.29, 1.82) is 0 Å². The van der Waals surface area contributed by atoms with Gasteiger partial charge in [0, 0.05) is 25.8 Å². The van der Waals surface area contributed by atoms with Crippen molar-refractivity contribution in [3.63, 3.8) is 0 Å². The smallest absolute Gasteiger partial charge is 0.326 e. The van der Waals surface area contributed by atoms with Crippen LogP contribution in [0.15, 0.2) is 12.4 Å². The SMILES string of the molecule is CCCn1cc(C(=O)NC(CCOC(C)(C)C)C(=O)O)cn1. The van der Waals surface area contributed by atoms with Crippen LogP contribution in [0.3, 0.4) is 0 Å². The van der Waals surface area contributed by atoms with Gasteiger partial charge < -0.3 is 15.2 Å². The Hall–Kier alpha value is -1.89. The van der Waals surface area contributed by atoms with Crippen molar-refractivity contribution < 1.29 is 19.4 Å². The molecule has 2 N–H and O–H groups in total. The summed E-state index contributed by atoms with van der Waals surface area (Å²) >= 11 is 0. The van der Waals surface area contributed by atoms with Crippen molar-refractivity contribution in [1.82, 2.24) is 15.1 Å². The van der Waals surface area contributed by atoms with Gasteiger partial charge in [-0.2, -0.15) is 5.10 Å². The van der Waals surface area contributed by atoms with E-state index in [1.54, 1.807) is 10.9 Å². The van der Waals surface area contributed by atoms with Crippen LogP contribution in [0, 0.1) is 0 Å². The summed E-state index contributed by atoms with van der Waals surface area (Å²) in [5.74, 6) is -1.52. The summed E-state index contributed by atoms with van der Waals surface area (Å²) in [6.45, 7) is 8.67. The summed E-state index contributed by atoms with van der Waals surface area (Å²) in [6, 6.07) is -0.982. The van der Waals surface area contributed by atoms with E-state index in [0.717, 1.165) is 13.0 Å². The Morgan fingerprint density at radius 3 is 2.68 bits per heavy atom. The maximum absolute atomic E-state index is 12.1. The minimum absolute atomic E-state index is 0.210. The van der Waals surface area contributed by atoms with Gasteiger partial charge in [0.25, 0.3) is 5.91 Å². The average Bonchev–Trinajstić information content (AvgIpc) is 2.85. The van der Waals surface area contributed by atoms with E-state index in [4.69, 9.17) is 4.74 Å². The van der Waals surface area contributed by atoms with Gasteiger partial charge in [-0.25, -0.2) is 4.79 Å². The molecule has 22 heavy (non-hydrogen) atoms. The Morgan fingerprint density at radius 2 is 2.14 bits per heavy atom. The van der Waals surface area contributed by atoms with E-state index in [1.807, 2.05) is 27.7 Å². The van der Waals surface area contributed by atoms with Gasteiger partial charge in [-0.3, -0.25) is 9.48 Å². The molecule has 1 atom stereocenters. The van der Waals surface area contributed by atoms with Gasteiger partial charge in [0.2, 0.25) is 0 Å². The van der Waals surface area contributed by atoms with Gasteiger partial charge in [-0.05, 0) is 27.2 Å². The first-order valence-electron chi connectivity index (χ1n) is 7.43. The number of nitrogens with zero attached hydrogens (tertiary/aromatic N) is 2. The van der Waals surface area contributed by atoms with E-state index in [1.165, 1.54) is 6.20 Å². The number of aromatic nitrogens is 2. The summed E-state index contributed by atoms with van der Waals surface area (Å²) in [5, 5.41) is 15.8. The molecular weight excluding hydrogens is 286 g/mol. The van der Waals surface area contributed by atoms with Gasteiger partial charge in [-0.1, -0.05) is 6.92 Å². The highest BCUT2D eigenvalue weighted by Crippen LogP contribution is 2.08. The number of nitrogens with one attached hydrogen (secondary N) is 1. The average molecular weight is 311 g/mol. The lowest BCUT2D eigenvalue weighted by atomic mass is 10.1. The molecule has 1 unspecified atom stereocenters. The van der Waals surface area contributed by atoms with Gasteiger partial charge in [-0.15, -0.1) is 0 Å². The van der Waals surface area contributed by atoms with Gasteiger partial charge in [0.05, 0.1) is 17.4 Å². The van der Waals surface area contributed by atoms with Crippen molar-refractivity contribution in [3.05, 3.63) is 18.0 Å². The van der Waals surface area contributed by atoms with Crippen LogP contribution >= 0.6 is 0 Å². The lowest BCUT2D eigenvalue weighted by Crippen LogP contribution is -2.42. The topological polar surface area (TPSA) is 93.5 Å². The number of carbonyl (C=O) groups is 2. The number of aryl methyl sites for hydroxylation is 1. The highest BCUT2D eigenvalue weighted by molar-refractivity contribution is 5.96. The van der Waals surface area contributed by atoms with Gasteiger partial charge >= 0.3 is 5.97 Å². The van der Waals surface area contributed by atoms with E-state index in [-0.39, 0.29) is 18.6 Å². The number of carboxylic acid groups (broad SMARTS) is 1. The number of carboxylic acids is 1. The second-order valence-electron chi connectivity index (χ2n) is 6.11. The fraction of sp³-hybridized carbons (Fsp3) is 0.667. The predicted molar refractivity (Wildman–Crippen MR) is 81.7 cm³/mol. The number of amides is 1. The zero-order valence-electron chi connectivity index (χ0n) is 13.6. The molecule has 0 spiro atoms. The van der Waals surface area contributed by atoms with Crippen molar-refractivity contribution in [2.24, 2.45) is 0 Å². The molecule has 7 nitrogen and oxygen atoms in total. The molecule has 0 radical (unpaired) electrons. The number of rotatable bonds is 8. The third-order valence-electron chi connectivity index (χ3n) is 2.89. The Kier molecular flexibility index (Phi) is 6.55. The number of aliphatic carboxylic acids is 1. The highest BCUT2D eigenvalue weighted by atomic mass is 16.5. The van der Waals surface area contributed by atoms with Gasteiger partial charge in [0.1, 0.15) is 6.04 Å². The van der Waals surface area contributed by atoms with Crippen molar-refractivity contribution >= 4 is 11.9 Å². The Bertz CT molecular complexity index is 505. The Labute approximate surface area is 130 Å². The van der Waals surface area contributed by atoms with Crippen LogP contribution in [0.2, 0.25) is 0 Å². The molecule has 0 fully saturated rings. The highest BCUT2D eigenvalue weighted by Gasteiger charge is 2.22. The van der Waals surface area contributed by atoms with Crippen LogP contribution in [0.4, 0.5) is 0 Å². The molecule has 1 aromatic heterocycles. The number of carbonyl (C=O) groups excluding carboxylic acids is 1. The molecule has 0 aliphatic rings.